The Balaban J connectivity index is 0.00000484. The summed E-state index contributed by atoms with van der Waals surface area (Å²) in [5, 5.41) is 6.16. The molecule has 1 unspecified atom stereocenters. The van der Waals surface area contributed by atoms with Gasteiger partial charge in [-0.1, -0.05) is 19.1 Å². The number of esters is 1. The summed E-state index contributed by atoms with van der Waals surface area (Å²) in [5.41, 5.74) is 1.41. The number of rotatable bonds is 6. The van der Waals surface area contributed by atoms with Crippen molar-refractivity contribution in [3.8, 4) is 0 Å². The second-order valence-corrected chi connectivity index (χ2v) is 5.08. The van der Waals surface area contributed by atoms with Crippen LogP contribution in [0.25, 0.3) is 0 Å². The first kappa shape index (κ1) is 21.6. The van der Waals surface area contributed by atoms with Gasteiger partial charge in [-0.25, -0.2) is 9.38 Å². The normalized spacial score (nSPS) is 12.1. The zero-order valence-corrected chi connectivity index (χ0v) is 16.3. The van der Waals surface area contributed by atoms with E-state index in [0.717, 1.165) is 5.56 Å². The number of nitrogens with one attached hydrogen (secondary N) is 2. The molecule has 0 saturated carbocycles. The zero-order valence-electron chi connectivity index (χ0n) is 14.0. The smallest absolute Gasteiger partial charge is 0.310 e. The highest BCUT2D eigenvalue weighted by Gasteiger charge is 2.13. The summed E-state index contributed by atoms with van der Waals surface area (Å²) >= 11 is 0. The molecule has 0 aliphatic rings. The van der Waals surface area contributed by atoms with E-state index in [1.54, 1.807) is 19.9 Å². The van der Waals surface area contributed by atoms with Gasteiger partial charge in [0.05, 0.1) is 19.6 Å². The molecule has 0 bridgehead atoms. The Morgan fingerprint density at radius 3 is 2.65 bits per heavy atom. The van der Waals surface area contributed by atoms with Gasteiger partial charge in [-0.2, -0.15) is 0 Å². The summed E-state index contributed by atoms with van der Waals surface area (Å²) in [6.45, 7) is 6.92. The number of ether oxygens (including phenoxy) is 1. The second kappa shape index (κ2) is 11.2. The monoisotopic (exact) mass is 437 g/mol. The molecule has 0 aliphatic carbocycles. The number of halogens is 2. The van der Waals surface area contributed by atoms with Gasteiger partial charge in [0.25, 0.3) is 0 Å². The SMILES string of the molecule is CCNC(=NCc1ccc(C)c(F)c1)NCC(C)C(=O)OC.I. The maximum atomic E-state index is 13.5. The van der Waals surface area contributed by atoms with Crippen molar-refractivity contribution in [3.05, 3.63) is 35.1 Å². The third kappa shape index (κ3) is 7.62. The van der Waals surface area contributed by atoms with Gasteiger partial charge in [0, 0.05) is 13.1 Å². The van der Waals surface area contributed by atoms with E-state index in [9.17, 15) is 9.18 Å². The minimum atomic E-state index is -0.274. The fraction of sp³-hybridized carbons (Fsp3) is 0.500. The lowest BCUT2D eigenvalue weighted by Crippen LogP contribution is -2.40. The van der Waals surface area contributed by atoms with Crippen LogP contribution in [-0.2, 0) is 16.1 Å². The number of carbonyl (C=O) groups excluding carboxylic acids is 1. The van der Waals surface area contributed by atoms with Gasteiger partial charge in [0.1, 0.15) is 5.82 Å². The highest BCUT2D eigenvalue weighted by atomic mass is 127. The fourth-order valence-corrected chi connectivity index (χ4v) is 1.78. The van der Waals surface area contributed by atoms with Crippen molar-refractivity contribution in [2.24, 2.45) is 10.9 Å². The maximum Gasteiger partial charge on any atom is 0.310 e. The van der Waals surface area contributed by atoms with E-state index in [2.05, 4.69) is 20.4 Å². The van der Waals surface area contributed by atoms with Gasteiger partial charge >= 0.3 is 5.97 Å². The first-order valence-electron chi connectivity index (χ1n) is 7.33. The number of hydrogen-bond acceptors (Lipinski definition) is 3. The summed E-state index contributed by atoms with van der Waals surface area (Å²) in [4.78, 5) is 15.8. The van der Waals surface area contributed by atoms with Gasteiger partial charge in [-0.15, -0.1) is 24.0 Å². The molecule has 1 aromatic carbocycles. The molecule has 0 saturated heterocycles. The van der Waals surface area contributed by atoms with Crippen LogP contribution < -0.4 is 10.6 Å². The molecule has 0 radical (unpaired) electrons. The Labute approximate surface area is 154 Å². The van der Waals surface area contributed by atoms with Crippen LogP contribution in [0.2, 0.25) is 0 Å². The summed E-state index contributed by atoms with van der Waals surface area (Å²) < 4.78 is 18.2. The van der Waals surface area contributed by atoms with Crippen LogP contribution in [0.1, 0.15) is 25.0 Å². The molecule has 2 N–H and O–H groups in total. The van der Waals surface area contributed by atoms with E-state index in [0.29, 0.717) is 31.2 Å². The summed E-state index contributed by atoms with van der Waals surface area (Å²) in [5.74, 6) is -0.196. The van der Waals surface area contributed by atoms with Crippen LogP contribution in [0.3, 0.4) is 0 Å². The van der Waals surface area contributed by atoms with Crippen molar-refractivity contribution < 1.29 is 13.9 Å². The average molecular weight is 437 g/mol. The number of guanidine groups is 1. The molecule has 0 heterocycles. The highest BCUT2D eigenvalue weighted by molar-refractivity contribution is 14.0. The number of carbonyl (C=O) groups is 1. The van der Waals surface area contributed by atoms with E-state index in [-0.39, 0.29) is 41.7 Å². The number of nitrogens with zero attached hydrogens (tertiary/aromatic N) is 1. The predicted molar refractivity (Wildman–Crippen MR) is 101 cm³/mol. The molecule has 0 aromatic heterocycles. The molecule has 0 fully saturated rings. The molecule has 5 nitrogen and oxygen atoms in total. The fourth-order valence-electron chi connectivity index (χ4n) is 1.78. The van der Waals surface area contributed by atoms with Gasteiger partial charge < -0.3 is 15.4 Å². The van der Waals surface area contributed by atoms with Crippen molar-refractivity contribution in [1.82, 2.24) is 10.6 Å². The summed E-state index contributed by atoms with van der Waals surface area (Å²) in [6, 6.07) is 5.07. The molecular formula is C16H25FIN3O2. The minimum Gasteiger partial charge on any atom is -0.469 e. The van der Waals surface area contributed by atoms with Crippen LogP contribution >= 0.6 is 24.0 Å². The molecule has 0 aliphatic heterocycles. The lowest BCUT2D eigenvalue weighted by Gasteiger charge is -2.14. The summed E-state index contributed by atoms with van der Waals surface area (Å²) in [6.07, 6.45) is 0. The lowest BCUT2D eigenvalue weighted by molar-refractivity contribution is -0.144. The van der Waals surface area contributed by atoms with Crippen LogP contribution in [0.5, 0.6) is 0 Å². The van der Waals surface area contributed by atoms with Gasteiger partial charge in [-0.05, 0) is 31.0 Å². The predicted octanol–water partition coefficient (Wildman–Crippen LogP) is 2.62. The van der Waals surface area contributed by atoms with Crippen LogP contribution in [0.4, 0.5) is 4.39 Å². The molecule has 1 aromatic rings. The number of hydrogen-bond donors (Lipinski definition) is 2. The Morgan fingerprint density at radius 2 is 2.09 bits per heavy atom. The van der Waals surface area contributed by atoms with E-state index < -0.39 is 0 Å². The molecule has 1 rings (SSSR count). The topological polar surface area (TPSA) is 62.7 Å². The van der Waals surface area contributed by atoms with E-state index in [1.165, 1.54) is 13.2 Å². The molecule has 0 amide bonds. The minimum absolute atomic E-state index is 0. The van der Waals surface area contributed by atoms with Gasteiger partial charge in [-0.3, -0.25) is 4.79 Å². The van der Waals surface area contributed by atoms with Crippen molar-refractivity contribution >= 4 is 35.9 Å². The Bertz CT molecular complexity index is 538. The quantitative estimate of drug-likeness (QED) is 0.311. The number of aryl methyl sites for hydroxylation is 1. The first-order valence-corrected chi connectivity index (χ1v) is 7.33. The van der Waals surface area contributed by atoms with Gasteiger partial charge in [0.15, 0.2) is 5.96 Å². The molecule has 0 spiro atoms. The highest BCUT2D eigenvalue weighted by Crippen LogP contribution is 2.10. The van der Waals surface area contributed by atoms with E-state index in [1.807, 2.05) is 13.0 Å². The van der Waals surface area contributed by atoms with Gasteiger partial charge in [0.2, 0.25) is 0 Å². The zero-order chi connectivity index (χ0) is 16.5. The largest absolute Gasteiger partial charge is 0.469 e. The first-order chi connectivity index (χ1) is 10.5. The maximum absolute atomic E-state index is 13.5. The van der Waals surface area contributed by atoms with Crippen molar-refractivity contribution in [2.45, 2.75) is 27.3 Å². The van der Waals surface area contributed by atoms with E-state index in [4.69, 9.17) is 0 Å². The molecule has 1 atom stereocenters. The van der Waals surface area contributed by atoms with Crippen LogP contribution in [0.15, 0.2) is 23.2 Å². The number of benzene rings is 1. The Morgan fingerprint density at radius 1 is 1.39 bits per heavy atom. The van der Waals surface area contributed by atoms with Crippen molar-refractivity contribution in [1.29, 1.82) is 0 Å². The average Bonchev–Trinajstić information content (AvgIpc) is 2.52. The third-order valence-electron chi connectivity index (χ3n) is 3.18. The Hall–Kier alpha value is -1.38. The second-order valence-electron chi connectivity index (χ2n) is 5.08. The van der Waals surface area contributed by atoms with Crippen LogP contribution in [0, 0.1) is 18.7 Å². The van der Waals surface area contributed by atoms with Crippen molar-refractivity contribution in [3.63, 3.8) is 0 Å². The van der Waals surface area contributed by atoms with Crippen molar-refractivity contribution in [2.75, 3.05) is 20.2 Å². The third-order valence-corrected chi connectivity index (χ3v) is 3.18. The molecule has 7 heteroatoms. The number of methoxy groups -OCH3 is 1. The lowest BCUT2D eigenvalue weighted by atomic mass is 10.1. The molecular weight excluding hydrogens is 412 g/mol. The molecule has 23 heavy (non-hydrogen) atoms. The Kier molecular flexibility index (Phi) is 10.5. The van der Waals surface area contributed by atoms with Crippen LogP contribution in [-0.4, -0.2) is 32.1 Å². The summed E-state index contributed by atoms with van der Waals surface area (Å²) in [7, 11) is 1.37. The number of aliphatic imine (C=N–C) groups is 1. The standard InChI is InChI=1S/C16H24FN3O2.HI/c1-5-18-16(19-9-12(3)15(21)22-4)20-10-13-7-6-11(2)14(17)8-13;/h6-8,12H,5,9-10H2,1-4H3,(H2,18,19,20);1H. The van der Waals surface area contributed by atoms with E-state index >= 15 is 0 Å². The molecule has 130 valence electrons.